The number of hydrogen-bond acceptors (Lipinski definition) is 2. The summed E-state index contributed by atoms with van der Waals surface area (Å²) < 4.78 is 12.4. The van der Waals surface area contributed by atoms with Crippen LogP contribution < -0.4 is 5.32 Å². The van der Waals surface area contributed by atoms with Gasteiger partial charge in [-0.3, -0.25) is 4.79 Å². The molecule has 1 rings (SSSR count). The number of aliphatic carboxylic acids is 1. The third kappa shape index (κ3) is 1.67. The number of nitrogens with one attached hydrogen (secondary N) is 1. The molecule has 1 heterocycles. The topological polar surface area (TPSA) is 49.3 Å². The quantitative estimate of drug-likeness (QED) is 0.555. The van der Waals surface area contributed by atoms with E-state index in [0.717, 1.165) is 0 Å². The minimum atomic E-state index is -0.883. The highest BCUT2D eigenvalue weighted by molar-refractivity contribution is 5.73. The lowest BCUT2D eigenvalue weighted by atomic mass is 10.0. The SMILES string of the molecule is O=C(O)[C@H]1CC[C@@H](F)CN1. The summed E-state index contributed by atoms with van der Waals surface area (Å²) in [7, 11) is 0. The summed E-state index contributed by atoms with van der Waals surface area (Å²) in [6.07, 6.45) is -0.101. The van der Waals surface area contributed by atoms with E-state index in [1.165, 1.54) is 0 Å². The van der Waals surface area contributed by atoms with Crippen molar-refractivity contribution in [1.29, 1.82) is 0 Å². The van der Waals surface area contributed by atoms with Crippen molar-refractivity contribution in [2.75, 3.05) is 6.54 Å². The van der Waals surface area contributed by atoms with Crippen LogP contribution in [0.4, 0.5) is 4.39 Å². The van der Waals surface area contributed by atoms with Gasteiger partial charge in [-0.1, -0.05) is 0 Å². The van der Waals surface area contributed by atoms with Gasteiger partial charge in [-0.25, -0.2) is 4.39 Å². The molecule has 0 aromatic rings. The van der Waals surface area contributed by atoms with Gasteiger partial charge in [0.25, 0.3) is 0 Å². The third-order valence-electron chi connectivity index (χ3n) is 1.65. The number of piperidine rings is 1. The molecule has 4 heteroatoms. The molecule has 3 nitrogen and oxygen atoms in total. The maximum Gasteiger partial charge on any atom is 0.320 e. The van der Waals surface area contributed by atoms with Crippen LogP contribution in [0.3, 0.4) is 0 Å². The van der Waals surface area contributed by atoms with Gasteiger partial charge in [0.1, 0.15) is 12.2 Å². The predicted octanol–water partition coefficient (Wildman–Crippen LogP) is 0.161. The number of rotatable bonds is 1. The summed E-state index contributed by atoms with van der Waals surface area (Å²) in [6, 6.07) is -0.535. The number of hydrogen-bond donors (Lipinski definition) is 2. The first-order valence-corrected chi connectivity index (χ1v) is 3.30. The normalized spacial score (nSPS) is 33.7. The average Bonchev–Trinajstić information content (AvgIpc) is 1.88. The average molecular weight is 147 g/mol. The molecule has 58 valence electrons. The van der Waals surface area contributed by atoms with E-state index in [2.05, 4.69) is 5.32 Å². The summed E-state index contributed by atoms with van der Waals surface area (Å²) in [5, 5.41) is 11.0. The van der Waals surface area contributed by atoms with Gasteiger partial charge in [-0.2, -0.15) is 0 Å². The lowest BCUT2D eigenvalue weighted by Gasteiger charge is -2.22. The molecule has 1 saturated heterocycles. The maximum atomic E-state index is 12.4. The van der Waals surface area contributed by atoms with Crippen LogP contribution >= 0.6 is 0 Å². The van der Waals surface area contributed by atoms with Crippen molar-refractivity contribution < 1.29 is 14.3 Å². The summed E-state index contributed by atoms with van der Waals surface area (Å²) in [6.45, 7) is 0.178. The van der Waals surface area contributed by atoms with Gasteiger partial charge in [-0.05, 0) is 12.8 Å². The Bertz CT molecular complexity index is 132. The molecular formula is C6H10FNO2. The van der Waals surface area contributed by atoms with Gasteiger partial charge in [0.2, 0.25) is 0 Å². The van der Waals surface area contributed by atoms with E-state index in [1.54, 1.807) is 0 Å². The van der Waals surface area contributed by atoms with Crippen molar-refractivity contribution >= 4 is 5.97 Å². The fraction of sp³-hybridized carbons (Fsp3) is 0.833. The van der Waals surface area contributed by atoms with Crippen LogP contribution in [0.15, 0.2) is 0 Å². The van der Waals surface area contributed by atoms with Gasteiger partial charge in [0.05, 0.1) is 0 Å². The Balaban J connectivity index is 2.33. The number of halogens is 1. The third-order valence-corrected chi connectivity index (χ3v) is 1.65. The molecule has 0 aromatic carbocycles. The highest BCUT2D eigenvalue weighted by Crippen LogP contribution is 2.10. The molecule has 2 atom stereocenters. The number of carboxylic acid groups (broad SMARTS) is 1. The zero-order valence-corrected chi connectivity index (χ0v) is 5.51. The van der Waals surface area contributed by atoms with Gasteiger partial charge in [0, 0.05) is 6.54 Å². The Hall–Kier alpha value is -0.640. The van der Waals surface area contributed by atoms with Gasteiger partial charge in [-0.15, -0.1) is 0 Å². The zero-order chi connectivity index (χ0) is 7.56. The van der Waals surface area contributed by atoms with E-state index in [-0.39, 0.29) is 6.54 Å². The monoisotopic (exact) mass is 147 g/mol. The molecule has 1 fully saturated rings. The van der Waals surface area contributed by atoms with Crippen LogP contribution in [0.25, 0.3) is 0 Å². The largest absolute Gasteiger partial charge is 0.480 e. The first kappa shape index (κ1) is 7.47. The number of carbonyl (C=O) groups is 1. The van der Waals surface area contributed by atoms with Gasteiger partial charge >= 0.3 is 5.97 Å². The highest BCUT2D eigenvalue weighted by Gasteiger charge is 2.24. The first-order chi connectivity index (χ1) is 4.70. The molecule has 0 aliphatic carbocycles. The second-order valence-corrected chi connectivity index (χ2v) is 2.47. The van der Waals surface area contributed by atoms with Crippen LogP contribution in [0.2, 0.25) is 0 Å². The predicted molar refractivity (Wildman–Crippen MR) is 33.6 cm³/mol. The fourth-order valence-corrected chi connectivity index (χ4v) is 1.03. The van der Waals surface area contributed by atoms with Crippen molar-refractivity contribution in [3.63, 3.8) is 0 Å². The summed E-state index contributed by atoms with van der Waals surface area (Å²) in [5.41, 5.74) is 0. The van der Waals surface area contributed by atoms with E-state index in [0.29, 0.717) is 12.8 Å². The van der Waals surface area contributed by atoms with Crippen LogP contribution in [-0.4, -0.2) is 29.8 Å². The second kappa shape index (κ2) is 2.96. The van der Waals surface area contributed by atoms with E-state index in [9.17, 15) is 9.18 Å². The Morgan fingerprint density at radius 2 is 2.30 bits per heavy atom. The van der Waals surface area contributed by atoms with Crippen LogP contribution in [0.1, 0.15) is 12.8 Å². The molecule has 0 radical (unpaired) electrons. The standard InChI is InChI=1S/C6H10FNO2/c7-4-1-2-5(6(9)10)8-3-4/h4-5,8H,1-3H2,(H,9,10)/t4-,5-/m1/s1. The Morgan fingerprint density at radius 1 is 1.60 bits per heavy atom. The minimum Gasteiger partial charge on any atom is -0.480 e. The number of alkyl halides is 1. The van der Waals surface area contributed by atoms with Crippen molar-refractivity contribution in [3.05, 3.63) is 0 Å². The molecule has 1 aliphatic rings. The molecule has 10 heavy (non-hydrogen) atoms. The number of carboxylic acids is 1. The maximum absolute atomic E-state index is 12.4. The summed E-state index contributed by atoms with van der Waals surface area (Å²) in [5.74, 6) is -0.883. The Kier molecular flexibility index (Phi) is 2.21. The van der Waals surface area contributed by atoms with Crippen molar-refractivity contribution in [2.24, 2.45) is 0 Å². The van der Waals surface area contributed by atoms with Crippen molar-refractivity contribution in [2.45, 2.75) is 25.1 Å². The molecule has 0 bridgehead atoms. The summed E-state index contributed by atoms with van der Waals surface area (Å²) >= 11 is 0. The van der Waals surface area contributed by atoms with Gasteiger partial charge < -0.3 is 10.4 Å². The minimum absolute atomic E-state index is 0.178. The molecule has 0 spiro atoms. The smallest absolute Gasteiger partial charge is 0.320 e. The Morgan fingerprint density at radius 3 is 2.70 bits per heavy atom. The van der Waals surface area contributed by atoms with Gasteiger partial charge in [0.15, 0.2) is 0 Å². The van der Waals surface area contributed by atoms with Crippen molar-refractivity contribution in [1.82, 2.24) is 5.32 Å². The fourth-order valence-electron chi connectivity index (χ4n) is 1.03. The molecule has 0 saturated carbocycles. The van der Waals surface area contributed by atoms with E-state index < -0.39 is 18.2 Å². The van der Waals surface area contributed by atoms with E-state index >= 15 is 0 Å². The molecule has 0 amide bonds. The second-order valence-electron chi connectivity index (χ2n) is 2.47. The van der Waals surface area contributed by atoms with Crippen LogP contribution in [0, 0.1) is 0 Å². The van der Waals surface area contributed by atoms with E-state index in [4.69, 9.17) is 5.11 Å². The molecule has 0 unspecified atom stereocenters. The first-order valence-electron chi connectivity index (χ1n) is 3.30. The zero-order valence-electron chi connectivity index (χ0n) is 5.51. The molecule has 2 N–H and O–H groups in total. The molecule has 0 aromatic heterocycles. The Labute approximate surface area is 58.2 Å². The summed E-state index contributed by atoms with van der Waals surface area (Å²) in [4.78, 5) is 10.3. The van der Waals surface area contributed by atoms with E-state index in [1.807, 2.05) is 0 Å². The van der Waals surface area contributed by atoms with Crippen LogP contribution in [-0.2, 0) is 4.79 Å². The molecular weight excluding hydrogens is 137 g/mol. The van der Waals surface area contributed by atoms with Crippen LogP contribution in [0.5, 0.6) is 0 Å². The van der Waals surface area contributed by atoms with Crippen molar-refractivity contribution in [3.8, 4) is 0 Å². The lowest BCUT2D eigenvalue weighted by molar-refractivity contribution is -0.140. The highest BCUT2D eigenvalue weighted by atomic mass is 19.1. The lowest BCUT2D eigenvalue weighted by Crippen LogP contribution is -2.44. The molecule has 1 aliphatic heterocycles.